The number of hydrogen-bond donors (Lipinski definition) is 1. The molecule has 2 aliphatic rings. The summed E-state index contributed by atoms with van der Waals surface area (Å²) in [5.41, 5.74) is -0.685. The van der Waals surface area contributed by atoms with Crippen molar-refractivity contribution in [2.24, 2.45) is 11.8 Å². The van der Waals surface area contributed by atoms with Gasteiger partial charge in [-0.1, -0.05) is 0 Å². The van der Waals surface area contributed by atoms with Crippen molar-refractivity contribution < 1.29 is 27.5 Å². The largest absolute Gasteiger partial charge is 0.471 e. The van der Waals surface area contributed by atoms with E-state index in [1.807, 2.05) is 0 Å². The molecule has 0 aromatic heterocycles. The maximum atomic E-state index is 12.6. The molecule has 0 bridgehead atoms. The number of nitrogens with zero attached hydrogens (tertiary/aromatic N) is 1. The second-order valence-corrected chi connectivity index (χ2v) is 7.29. The highest BCUT2D eigenvalue weighted by Gasteiger charge is 2.47. The summed E-state index contributed by atoms with van der Waals surface area (Å²) in [6, 6.07) is -0.502. The van der Waals surface area contributed by atoms with Crippen LogP contribution in [0, 0.1) is 11.8 Å². The fourth-order valence-electron chi connectivity index (χ4n) is 3.03. The van der Waals surface area contributed by atoms with Crippen LogP contribution in [0.3, 0.4) is 0 Å². The third kappa shape index (κ3) is 5.00. The summed E-state index contributed by atoms with van der Waals surface area (Å²) in [7, 11) is 0. The third-order valence-electron chi connectivity index (χ3n) is 4.13. The Labute approximate surface area is 133 Å². The Morgan fingerprint density at radius 2 is 1.74 bits per heavy atom. The normalized spacial score (nSPS) is 25.9. The summed E-state index contributed by atoms with van der Waals surface area (Å²) < 4.78 is 43.0. The molecule has 2 amide bonds. The van der Waals surface area contributed by atoms with Crippen LogP contribution in [-0.2, 0) is 9.53 Å². The molecular formula is C15H23F3N2O3. The van der Waals surface area contributed by atoms with Gasteiger partial charge in [-0.3, -0.25) is 4.79 Å². The number of alkyl halides is 3. The maximum Gasteiger partial charge on any atom is 0.471 e. The van der Waals surface area contributed by atoms with Crippen molar-refractivity contribution >= 4 is 12.0 Å². The molecule has 1 heterocycles. The van der Waals surface area contributed by atoms with Crippen molar-refractivity contribution in [1.29, 1.82) is 0 Å². The summed E-state index contributed by atoms with van der Waals surface area (Å²) in [4.78, 5) is 24.1. The molecule has 0 unspecified atom stereocenters. The van der Waals surface area contributed by atoms with Crippen molar-refractivity contribution in [2.45, 2.75) is 57.9 Å². The van der Waals surface area contributed by atoms with Crippen molar-refractivity contribution in [3.63, 3.8) is 0 Å². The molecule has 1 saturated heterocycles. The van der Waals surface area contributed by atoms with Gasteiger partial charge in [0.15, 0.2) is 0 Å². The molecule has 1 aliphatic carbocycles. The molecule has 0 radical (unpaired) electrons. The van der Waals surface area contributed by atoms with Crippen molar-refractivity contribution in [3.8, 4) is 0 Å². The Morgan fingerprint density at radius 1 is 1.13 bits per heavy atom. The first-order valence-corrected chi connectivity index (χ1v) is 7.83. The zero-order valence-electron chi connectivity index (χ0n) is 13.6. The van der Waals surface area contributed by atoms with Crippen LogP contribution in [0.4, 0.5) is 18.0 Å². The topological polar surface area (TPSA) is 58.6 Å². The predicted molar refractivity (Wildman–Crippen MR) is 76.6 cm³/mol. The number of nitrogens with one attached hydrogen (secondary N) is 1. The van der Waals surface area contributed by atoms with Gasteiger partial charge in [-0.05, 0) is 51.9 Å². The number of piperidine rings is 1. The fraction of sp³-hybridized carbons (Fsp3) is 0.867. The molecule has 0 spiro atoms. The Balaban J connectivity index is 2.02. The number of rotatable bonds is 2. The lowest BCUT2D eigenvalue weighted by Crippen LogP contribution is -2.57. The van der Waals surface area contributed by atoms with Crippen molar-refractivity contribution in [1.82, 2.24) is 10.2 Å². The predicted octanol–water partition coefficient (Wildman–Crippen LogP) is 2.70. The zero-order valence-corrected chi connectivity index (χ0v) is 13.6. The van der Waals surface area contributed by atoms with Crippen LogP contribution < -0.4 is 5.32 Å². The van der Waals surface area contributed by atoms with E-state index in [-0.39, 0.29) is 19.0 Å². The minimum atomic E-state index is -4.89. The Bertz CT molecular complexity index is 470. The number of carbonyl (C=O) groups excluding carboxylic acids is 2. The first-order chi connectivity index (χ1) is 10.5. The van der Waals surface area contributed by atoms with Crippen LogP contribution in [0.25, 0.3) is 0 Å². The number of ether oxygens (including phenoxy) is 1. The first-order valence-electron chi connectivity index (χ1n) is 7.83. The molecule has 23 heavy (non-hydrogen) atoms. The van der Waals surface area contributed by atoms with E-state index < -0.39 is 29.8 Å². The van der Waals surface area contributed by atoms with Gasteiger partial charge in [0.2, 0.25) is 0 Å². The van der Waals surface area contributed by atoms with Crippen LogP contribution in [0.5, 0.6) is 0 Å². The van der Waals surface area contributed by atoms with E-state index in [1.54, 1.807) is 20.8 Å². The number of likely N-dealkylation sites (tertiary alicyclic amines) is 1. The quantitative estimate of drug-likeness (QED) is 0.843. The lowest BCUT2D eigenvalue weighted by Gasteiger charge is -2.39. The van der Waals surface area contributed by atoms with Gasteiger partial charge in [0, 0.05) is 13.1 Å². The fourth-order valence-corrected chi connectivity index (χ4v) is 3.03. The van der Waals surface area contributed by atoms with Crippen molar-refractivity contribution in [2.75, 3.05) is 13.1 Å². The summed E-state index contributed by atoms with van der Waals surface area (Å²) >= 11 is 0. The smallest absolute Gasteiger partial charge is 0.444 e. The number of halogens is 3. The third-order valence-corrected chi connectivity index (χ3v) is 4.13. The highest BCUT2D eigenvalue weighted by molar-refractivity contribution is 5.82. The van der Waals surface area contributed by atoms with Crippen LogP contribution >= 0.6 is 0 Å². The standard InChI is InChI=1S/C15H23F3N2O3/c1-14(2,3)23-13(22)19-11-8-20(12(21)15(16,17)18)7-6-10(11)9-4-5-9/h9-11H,4-8H2,1-3H3,(H,19,22)/t10-,11-/m1/s1. The summed E-state index contributed by atoms with van der Waals surface area (Å²) in [5, 5.41) is 2.66. The minimum Gasteiger partial charge on any atom is -0.444 e. The van der Waals surface area contributed by atoms with Gasteiger partial charge in [0.25, 0.3) is 0 Å². The monoisotopic (exact) mass is 336 g/mol. The summed E-state index contributed by atoms with van der Waals surface area (Å²) in [5.74, 6) is -1.33. The van der Waals surface area contributed by atoms with E-state index >= 15 is 0 Å². The second kappa shape index (κ2) is 6.20. The lowest BCUT2D eigenvalue weighted by atomic mass is 9.87. The van der Waals surface area contributed by atoms with Gasteiger partial charge in [0.1, 0.15) is 5.60 Å². The molecule has 8 heteroatoms. The zero-order chi connectivity index (χ0) is 17.4. The van der Waals surface area contributed by atoms with E-state index in [1.165, 1.54) is 0 Å². The highest BCUT2D eigenvalue weighted by atomic mass is 19.4. The van der Waals surface area contributed by atoms with Crippen LogP contribution in [0.15, 0.2) is 0 Å². The average molecular weight is 336 g/mol. The SMILES string of the molecule is CC(C)(C)OC(=O)N[C@@H]1CN(C(=O)C(F)(F)F)CC[C@@H]1C1CC1. The maximum absolute atomic E-state index is 12.6. The van der Waals surface area contributed by atoms with Crippen LogP contribution in [-0.4, -0.2) is 47.8 Å². The number of alkyl carbamates (subject to hydrolysis) is 1. The number of carbonyl (C=O) groups is 2. The van der Waals surface area contributed by atoms with E-state index in [4.69, 9.17) is 4.74 Å². The van der Waals surface area contributed by atoms with Crippen molar-refractivity contribution in [3.05, 3.63) is 0 Å². The van der Waals surface area contributed by atoms with Crippen LogP contribution in [0.2, 0.25) is 0 Å². The molecule has 1 aliphatic heterocycles. The van der Waals surface area contributed by atoms with Crippen LogP contribution in [0.1, 0.15) is 40.0 Å². The van der Waals surface area contributed by atoms with Gasteiger partial charge in [-0.25, -0.2) is 4.79 Å². The molecule has 2 atom stereocenters. The first kappa shape index (κ1) is 17.9. The Kier molecular flexibility index (Phi) is 4.82. The van der Waals surface area contributed by atoms with E-state index in [0.29, 0.717) is 12.3 Å². The summed E-state index contributed by atoms with van der Waals surface area (Å²) in [6.45, 7) is 5.09. The van der Waals surface area contributed by atoms with Gasteiger partial charge >= 0.3 is 18.2 Å². The van der Waals surface area contributed by atoms with Gasteiger partial charge in [-0.2, -0.15) is 13.2 Å². The molecule has 1 N–H and O–H groups in total. The molecule has 1 saturated carbocycles. The molecule has 2 fully saturated rings. The molecular weight excluding hydrogens is 313 g/mol. The highest BCUT2D eigenvalue weighted by Crippen LogP contribution is 2.42. The molecule has 132 valence electrons. The lowest BCUT2D eigenvalue weighted by molar-refractivity contribution is -0.187. The molecule has 2 rings (SSSR count). The summed E-state index contributed by atoms with van der Waals surface area (Å²) in [6.07, 6.45) is -3.04. The van der Waals surface area contributed by atoms with Gasteiger partial charge in [0.05, 0.1) is 6.04 Å². The number of hydrogen-bond acceptors (Lipinski definition) is 3. The van der Waals surface area contributed by atoms with Gasteiger partial charge < -0.3 is 15.0 Å². The number of amides is 2. The van der Waals surface area contributed by atoms with E-state index in [2.05, 4.69) is 5.32 Å². The van der Waals surface area contributed by atoms with Gasteiger partial charge in [-0.15, -0.1) is 0 Å². The molecule has 0 aromatic carbocycles. The Morgan fingerprint density at radius 3 is 2.22 bits per heavy atom. The van der Waals surface area contributed by atoms with E-state index in [0.717, 1.165) is 17.7 Å². The average Bonchev–Trinajstić information content (AvgIpc) is 3.18. The Hall–Kier alpha value is -1.47. The second-order valence-electron chi connectivity index (χ2n) is 7.29. The van der Waals surface area contributed by atoms with E-state index in [9.17, 15) is 22.8 Å². The molecule has 5 nitrogen and oxygen atoms in total. The molecule has 0 aromatic rings. The minimum absolute atomic E-state index is 0.0754.